The highest BCUT2D eigenvalue weighted by Crippen LogP contribution is 2.37. The van der Waals surface area contributed by atoms with E-state index in [-0.39, 0.29) is 6.54 Å². The van der Waals surface area contributed by atoms with Crippen molar-refractivity contribution in [1.29, 1.82) is 0 Å². The van der Waals surface area contributed by atoms with Crippen LogP contribution in [0.5, 0.6) is 0 Å². The van der Waals surface area contributed by atoms with Crippen molar-refractivity contribution in [3.05, 3.63) is 59.2 Å². The number of carbonyl (C=O) groups excluding carboxylic acids is 2. The number of rotatable bonds is 5. The SMILES string of the molecule is CC(C)(C)OC(=O)n1c(-c2cccc3c2C(=O)N(OS(C)(=O)=O)C3)cc2cc(CN3CCCCC3)ccc21. The Balaban J connectivity index is 1.61. The molecule has 9 nitrogen and oxygen atoms in total. The number of nitrogens with zero attached hydrogens (tertiary/aromatic N) is 3. The van der Waals surface area contributed by atoms with Gasteiger partial charge in [-0.1, -0.05) is 30.7 Å². The monoisotopic (exact) mass is 539 g/mol. The quantitative estimate of drug-likeness (QED) is 0.454. The van der Waals surface area contributed by atoms with E-state index in [1.54, 1.807) is 39.0 Å². The summed E-state index contributed by atoms with van der Waals surface area (Å²) in [5.74, 6) is -0.576. The van der Waals surface area contributed by atoms with Crippen LogP contribution in [0.15, 0.2) is 42.5 Å². The summed E-state index contributed by atoms with van der Waals surface area (Å²) in [5, 5.41) is 1.69. The number of amides is 1. The summed E-state index contributed by atoms with van der Waals surface area (Å²) >= 11 is 0. The van der Waals surface area contributed by atoms with Crippen molar-refractivity contribution in [3.63, 3.8) is 0 Å². The summed E-state index contributed by atoms with van der Waals surface area (Å²) in [6.45, 7) is 8.38. The number of hydroxylamine groups is 2. The van der Waals surface area contributed by atoms with E-state index in [1.165, 1.54) is 23.8 Å². The molecule has 1 amide bonds. The van der Waals surface area contributed by atoms with Gasteiger partial charge in [0.1, 0.15) is 5.60 Å². The van der Waals surface area contributed by atoms with E-state index in [0.29, 0.717) is 27.9 Å². The molecule has 5 rings (SSSR count). The van der Waals surface area contributed by atoms with Gasteiger partial charge in [-0.25, -0.2) is 9.36 Å². The normalized spacial score (nSPS) is 16.7. The van der Waals surface area contributed by atoms with Crippen LogP contribution in [0.3, 0.4) is 0 Å². The molecular formula is C28H33N3O6S. The van der Waals surface area contributed by atoms with Gasteiger partial charge >= 0.3 is 6.09 Å². The fourth-order valence-corrected chi connectivity index (χ4v) is 5.66. The van der Waals surface area contributed by atoms with Crippen LogP contribution in [0.2, 0.25) is 0 Å². The molecule has 0 spiro atoms. The van der Waals surface area contributed by atoms with Gasteiger partial charge in [-0.2, -0.15) is 13.5 Å². The maximum Gasteiger partial charge on any atom is 0.419 e. The summed E-state index contributed by atoms with van der Waals surface area (Å²) in [6, 6.07) is 13.2. The molecule has 0 atom stereocenters. The summed E-state index contributed by atoms with van der Waals surface area (Å²) in [7, 11) is -3.89. The molecule has 3 aromatic rings. The van der Waals surface area contributed by atoms with Gasteiger partial charge in [0.05, 0.1) is 29.6 Å². The van der Waals surface area contributed by atoms with Gasteiger partial charge in [0.15, 0.2) is 0 Å². The van der Waals surface area contributed by atoms with E-state index >= 15 is 0 Å². The highest BCUT2D eigenvalue weighted by molar-refractivity contribution is 7.85. The van der Waals surface area contributed by atoms with Crippen molar-refractivity contribution in [2.75, 3.05) is 19.3 Å². The molecule has 2 aromatic carbocycles. The van der Waals surface area contributed by atoms with Crippen molar-refractivity contribution in [2.24, 2.45) is 0 Å². The Hall–Kier alpha value is -3.21. The first kappa shape index (κ1) is 26.4. The zero-order valence-corrected chi connectivity index (χ0v) is 23.0. The van der Waals surface area contributed by atoms with Crippen molar-refractivity contribution in [3.8, 4) is 11.3 Å². The minimum atomic E-state index is -3.89. The van der Waals surface area contributed by atoms with Crippen molar-refractivity contribution in [1.82, 2.24) is 14.5 Å². The molecule has 2 aliphatic rings. The van der Waals surface area contributed by atoms with Gasteiger partial charge in [0.2, 0.25) is 0 Å². The Labute approximate surface area is 223 Å². The smallest absolute Gasteiger partial charge is 0.419 e. The average Bonchev–Trinajstić information content (AvgIpc) is 3.35. The Kier molecular flexibility index (Phi) is 6.83. The van der Waals surface area contributed by atoms with E-state index in [4.69, 9.17) is 9.02 Å². The minimum Gasteiger partial charge on any atom is -0.443 e. The molecule has 0 unspecified atom stereocenters. The Morgan fingerprint density at radius 1 is 1.03 bits per heavy atom. The fraction of sp³-hybridized carbons (Fsp3) is 0.429. The van der Waals surface area contributed by atoms with Crippen LogP contribution in [0.4, 0.5) is 4.79 Å². The van der Waals surface area contributed by atoms with Gasteiger partial charge in [0.25, 0.3) is 16.0 Å². The van der Waals surface area contributed by atoms with E-state index in [9.17, 15) is 18.0 Å². The summed E-state index contributed by atoms with van der Waals surface area (Å²) < 4.78 is 35.6. The molecule has 3 heterocycles. The van der Waals surface area contributed by atoms with Crippen LogP contribution in [-0.4, -0.2) is 59.9 Å². The zero-order chi connectivity index (χ0) is 27.2. The van der Waals surface area contributed by atoms with Crippen molar-refractivity contribution < 1.29 is 27.0 Å². The van der Waals surface area contributed by atoms with Gasteiger partial charge in [0, 0.05) is 17.5 Å². The summed E-state index contributed by atoms with van der Waals surface area (Å²) in [5.41, 5.74) is 3.01. The first-order valence-electron chi connectivity index (χ1n) is 12.8. The third kappa shape index (κ3) is 5.48. The predicted molar refractivity (Wildman–Crippen MR) is 144 cm³/mol. The van der Waals surface area contributed by atoms with Gasteiger partial charge in [-0.05, 0) is 76.0 Å². The second kappa shape index (κ2) is 9.83. The standard InChI is InChI=1S/C28H33N3O6S/c1-28(2,3)36-27(33)31-23-12-11-19(17-29-13-6-5-7-14-29)15-21(23)16-24(31)22-10-8-9-20-18-30(26(32)25(20)22)37-38(4,34)35/h8-12,15-16H,5-7,13-14,17-18H2,1-4H3. The van der Waals surface area contributed by atoms with Gasteiger partial charge in [-0.3, -0.25) is 9.69 Å². The third-order valence-electron chi connectivity index (χ3n) is 6.70. The molecule has 0 bridgehead atoms. The Morgan fingerprint density at radius 3 is 2.45 bits per heavy atom. The van der Waals surface area contributed by atoms with Gasteiger partial charge in [-0.15, -0.1) is 4.28 Å². The van der Waals surface area contributed by atoms with Crippen LogP contribution in [-0.2, 0) is 32.2 Å². The molecule has 0 N–H and O–H groups in total. The number of likely N-dealkylation sites (tertiary alicyclic amines) is 1. The molecule has 38 heavy (non-hydrogen) atoms. The second-order valence-electron chi connectivity index (χ2n) is 11.0. The number of aromatic nitrogens is 1. The third-order valence-corrected chi connectivity index (χ3v) is 7.15. The number of benzene rings is 2. The lowest BCUT2D eigenvalue weighted by atomic mass is 10.0. The second-order valence-corrected chi connectivity index (χ2v) is 12.6. The number of carbonyl (C=O) groups is 2. The Morgan fingerprint density at radius 2 is 1.76 bits per heavy atom. The lowest BCUT2D eigenvalue weighted by Gasteiger charge is -2.26. The average molecular weight is 540 g/mol. The minimum absolute atomic E-state index is 0.0122. The maximum absolute atomic E-state index is 13.5. The lowest BCUT2D eigenvalue weighted by Crippen LogP contribution is -2.29. The highest BCUT2D eigenvalue weighted by atomic mass is 32.2. The largest absolute Gasteiger partial charge is 0.443 e. The molecular weight excluding hydrogens is 506 g/mol. The number of hydrogen-bond acceptors (Lipinski definition) is 7. The van der Waals surface area contributed by atoms with E-state index < -0.39 is 27.7 Å². The van der Waals surface area contributed by atoms with E-state index in [1.807, 2.05) is 18.2 Å². The first-order valence-corrected chi connectivity index (χ1v) is 14.6. The lowest BCUT2D eigenvalue weighted by molar-refractivity contribution is -0.0262. The van der Waals surface area contributed by atoms with Crippen molar-refractivity contribution in [2.45, 2.75) is 58.7 Å². The molecule has 1 saturated heterocycles. The fourth-order valence-electron chi connectivity index (χ4n) is 5.21. The van der Waals surface area contributed by atoms with Crippen LogP contribution in [0, 0.1) is 0 Å². The van der Waals surface area contributed by atoms with Gasteiger partial charge < -0.3 is 4.74 Å². The molecule has 10 heteroatoms. The molecule has 1 fully saturated rings. The van der Waals surface area contributed by atoms with Crippen molar-refractivity contribution >= 4 is 33.0 Å². The first-order chi connectivity index (χ1) is 17.9. The highest BCUT2D eigenvalue weighted by Gasteiger charge is 2.35. The van der Waals surface area contributed by atoms with Crippen LogP contribution < -0.4 is 0 Å². The van der Waals surface area contributed by atoms with Crippen LogP contribution in [0.25, 0.3) is 22.2 Å². The molecule has 0 radical (unpaired) electrons. The van der Waals surface area contributed by atoms with Crippen LogP contribution >= 0.6 is 0 Å². The maximum atomic E-state index is 13.5. The van der Waals surface area contributed by atoms with E-state index in [0.717, 1.165) is 41.9 Å². The number of fused-ring (bicyclic) bond motifs is 2. The zero-order valence-electron chi connectivity index (χ0n) is 22.2. The van der Waals surface area contributed by atoms with Crippen LogP contribution in [0.1, 0.15) is 61.5 Å². The molecule has 0 saturated carbocycles. The molecule has 0 aliphatic carbocycles. The number of ether oxygens (including phenoxy) is 1. The molecule has 1 aromatic heterocycles. The van der Waals surface area contributed by atoms with E-state index in [2.05, 4.69) is 11.0 Å². The predicted octanol–water partition coefficient (Wildman–Crippen LogP) is 4.92. The number of hydrogen-bond donors (Lipinski definition) is 0. The summed E-state index contributed by atoms with van der Waals surface area (Å²) in [4.78, 5) is 29.2. The Bertz CT molecular complexity index is 1510. The summed E-state index contributed by atoms with van der Waals surface area (Å²) in [6.07, 6.45) is 4.01. The topological polar surface area (TPSA) is 98.1 Å². The molecule has 202 valence electrons. The molecule has 2 aliphatic heterocycles. The number of piperidine rings is 1.